The predicted molar refractivity (Wildman–Crippen MR) is 84.4 cm³/mol. The summed E-state index contributed by atoms with van der Waals surface area (Å²) in [5.41, 5.74) is 0.963. The Labute approximate surface area is 139 Å². The Morgan fingerprint density at radius 1 is 1.04 bits per heavy atom. The van der Waals surface area contributed by atoms with E-state index < -0.39 is 5.97 Å². The lowest BCUT2D eigenvalue weighted by Gasteiger charge is -2.18. The zero-order valence-electron chi connectivity index (χ0n) is 12.9. The summed E-state index contributed by atoms with van der Waals surface area (Å²) in [6.07, 6.45) is 0. The summed E-state index contributed by atoms with van der Waals surface area (Å²) in [5, 5.41) is 8.72. The third-order valence-corrected chi connectivity index (χ3v) is 3.35. The molecule has 0 radical (unpaired) electrons. The molecule has 2 aromatic rings. The number of carbonyl (C=O) groups is 1. The minimum atomic E-state index is -0.449. The van der Waals surface area contributed by atoms with Gasteiger partial charge in [0.2, 0.25) is 0 Å². The number of hydrogen-bond donors (Lipinski definition) is 0. The fourth-order valence-corrected chi connectivity index (χ4v) is 2.17. The van der Waals surface area contributed by atoms with Crippen LogP contribution in [-0.2, 0) is 4.74 Å². The van der Waals surface area contributed by atoms with E-state index in [-0.39, 0.29) is 13.2 Å². The zero-order chi connectivity index (χ0) is 16.8. The molecule has 0 unspecified atom stereocenters. The molecule has 24 heavy (non-hydrogen) atoms. The molecule has 0 saturated heterocycles. The fourth-order valence-electron chi connectivity index (χ4n) is 2.17. The van der Waals surface area contributed by atoms with Crippen molar-refractivity contribution in [2.75, 3.05) is 26.4 Å². The third-order valence-electron chi connectivity index (χ3n) is 3.35. The quantitative estimate of drug-likeness (QED) is 0.621. The minimum absolute atomic E-state index is 0.118. The van der Waals surface area contributed by atoms with E-state index in [4.69, 9.17) is 24.2 Å². The second-order valence-corrected chi connectivity index (χ2v) is 4.98. The van der Waals surface area contributed by atoms with E-state index in [1.165, 1.54) is 0 Å². The van der Waals surface area contributed by atoms with Gasteiger partial charge < -0.3 is 18.9 Å². The van der Waals surface area contributed by atoms with Crippen LogP contribution in [0.3, 0.4) is 0 Å². The second kappa shape index (κ2) is 7.38. The fraction of sp³-hybridized carbons (Fsp3) is 0.222. The Morgan fingerprint density at radius 2 is 1.79 bits per heavy atom. The molecule has 6 nitrogen and oxygen atoms in total. The molecule has 1 aliphatic rings. The highest BCUT2D eigenvalue weighted by atomic mass is 16.6. The summed E-state index contributed by atoms with van der Waals surface area (Å²) in [6.45, 7) is 1.31. The van der Waals surface area contributed by atoms with Crippen LogP contribution in [0.15, 0.2) is 42.5 Å². The van der Waals surface area contributed by atoms with Gasteiger partial charge in [-0.2, -0.15) is 5.26 Å². The molecule has 0 bridgehead atoms. The number of ether oxygens (including phenoxy) is 4. The number of nitrogens with zero attached hydrogens (tertiary/aromatic N) is 1. The largest absolute Gasteiger partial charge is 0.490 e. The van der Waals surface area contributed by atoms with Crippen molar-refractivity contribution in [3.05, 3.63) is 53.6 Å². The number of hydrogen-bond acceptors (Lipinski definition) is 6. The highest BCUT2D eigenvalue weighted by Crippen LogP contribution is 2.30. The van der Waals surface area contributed by atoms with Gasteiger partial charge in [0.1, 0.15) is 32.2 Å². The maximum Gasteiger partial charge on any atom is 0.338 e. The number of carbonyl (C=O) groups excluding carboxylic acids is 1. The molecule has 0 N–H and O–H groups in total. The van der Waals surface area contributed by atoms with E-state index in [0.29, 0.717) is 41.6 Å². The zero-order valence-corrected chi connectivity index (χ0v) is 12.9. The molecule has 0 saturated carbocycles. The van der Waals surface area contributed by atoms with Crippen molar-refractivity contribution in [3.8, 4) is 23.3 Å². The number of nitriles is 1. The van der Waals surface area contributed by atoms with Crippen molar-refractivity contribution in [1.82, 2.24) is 0 Å². The monoisotopic (exact) mass is 325 g/mol. The maximum absolute atomic E-state index is 12.0. The van der Waals surface area contributed by atoms with Gasteiger partial charge in [0.25, 0.3) is 0 Å². The average Bonchev–Trinajstić information content (AvgIpc) is 2.65. The number of fused-ring (bicyclic) bond motifs is 1. The average molecular weight is 325 g/mol. The molecule has 6 heteroatoms. The molecular formula is C18H15NO5. The van der Waals surface area contributed by atoms with Crippen LogP contribution in [-0.4, -0.2) is 32.4 Å². The summed E-state index contributed by atoms with van der Waals surface area (Å²) in [5.74, 6) is 1.34. The van der Waals surface area contributed by atoms with Gasteiger partial charge in [-0.05, 0) is 42.5 Å². The van der Waals surface area contributed by atoms with Gasteiger partial charge >= 0.3 is 5.97 Å². The van der Waals surface area contributed by atoms with Crippen molar-refractivity contribution in [2.45, 2.75) is 0 Å². The van der Waals surface area contributed by atoms with E-state index in [1.54, 1.807) is 42.5 Å². The molecule has 3 rings (SSSR count). The Kier molecular flexibility index (Phi) is 4.82. The van der Waals surface area contributed by atoms with Gasteiger partial charge in [-0.3, -0.25) is 0 Å². The highest BCUT2D eigenvalue weighted by molar-refractivity contribution is 5.90. The predicted octanol–water partition coefficient (Wildman–Crippen LogP) is 2.57. The first kappa shape index (κ1) is 15.7. The Hall–Kier alpha value is -3.20. The van der Waals surface area contributed by atoms with Gasteiger partial charge in [0.05, 0.1) is 17.2 Å². The Balaban J connectivity index is 1.48. The van der Waals surface area contributed by atoms with Crippen molar-refractivity contribution >= 4 is 5.97 Å². The first-order valence-corrected chi connectivity index (χ1v) is 7.46. The van der Waals surface area contributed by atoms with Crippen LogP contribution in [0, 0.1) is 11.3 Å². The number of esters is 1. The number of rotatable bonds is 5. The summed E-state index contributed by atoms with van der Waals surface area (Å²) in [6, 6.07) is 13.7. The molecule has 0 spiro atoms. The summed E-state index contributed by atoms with van der Waals surface area (Å²) in [7, 11) is 0. The van der Waals surface area contributed by atoms with Crippen LogP contribution in [0.2, 0.25) is 0 Å². The lowest BCUT2D eigenvalue weighted by molar-refractivity contribution is 0.0449. The van der Waals surface area contributed by atoms with Crippen LogP contribution >= 0.6 is 0 Å². The minimum Gasteiger partial charge on any atom is -0.490 e. The van der Waals surface area contributed by atoms with Crippen LogP contribution in [0.4, 0.5) is 0 Å². The molecular weight excluding hydrogens is 310 g/mol. The van der Waals surface area contributed by atoms with E-state index in [1.807, 2.05) is 6.07 Å². The summed E-state index contributed by atoms with van der Waals surface area (Å²) < 4.78 is 21.5. The van der Waals surface area contributed by atoms with Gasteiger partial charge in [-0.1, -0.05) is 0 Å². The van der Waals surface area contributed by atoms with E-state index >= 15 is 0 Å². The van der Waals surface area contributed by atoms with Crippen LogP contribution in [0.25, 0.3) is 0 Å². The molecule has 2 aromatic carbocycles. The molecule has 0 aliphatic carbocycles. The molecule has 0 atom stereocenters. The van der Waals surface area contributed by atoms with Crippen LogP contribution in [0.1, 0.15) is 15.9 Å². The summed E-state index contributed by atoms with van der Waals surface area (Å²) in [4.78, 5) is 12.0. The van der Waals surface area contributed by atoms with Crippen LogP contribution < -0.4 is 14.2 Å². The van der Waals surface area contributed by atoms with E-state index in [0.717, 1.165) is 0 Å². The van der Waals surface area contributed by atoms with Crippen LogP contribution in [0.5, 0.6) is 17.2 Å². The maximum atomic E-state index is 12.0. The summed E-state index contributed by atoms with van der Waals surface area (Å²) >= 11 is 0. The van der Waals surface area contributed by atoms with Crippen molar-refractivity contribution < 1.29 is 23.7 Å². The lowest BCUT2D eigenvalue weighted by Crippen LogP contribution is -2.16. The first-order chi connectivity index (χ1) is 11.8. The van der Waals surface area contributed by atoms with E-state index in [2.05, 4.69) is 0 Å². The molecule has 0 aromatic heterocycles. The van der Waals surface area contributed by atoms with Gasteiger partial charge in [0.15, 0.2) is 11.5 Å². The molecule has 0 fully saturated rings. The number of benzene rings is 2. The standard InChI is InChI=1S/C18H15NO5/c19-12-13-1-4-15(5-2-13)21-7-10-24-18(20)14-3-6-16-17(11-14)23-9-8-22-16/h1-6,11H,7-10H2. The molecule has 0 amide bonds. The SMILES string of the molecule is N#Cc1ccc(OCCOC(=O)c2ccc3c(c2)OCCO3)cc1. The van der Waals surface area contributed by atoms with Crippen molar-refractivity contribution in [1.29, 1.82) is 5.26 Å². The first-order valence-electron chi connectivity index (χ1n) is 7.46. The van der Waals surface area contributed by atoms with Gasteiger partial charge in [-0.25, -0.2) is 4.79 Å². The lowest BCUT2D eigenvalue weighted by atomic mass is 10.2. The Bertz CT molecular complexity index is 764. The topological polar surface area (TPSA) is 77.8 Å². The molecule has 1 aliphatic heterocycles. The highest BCUT2D eigenvalue weighted by Gasteiger charge is 2.15. The molecule has 1 heterocycles. The van der Waals surface area contributed by atoms with Crippen molar-refractivity contribution in [2.24, 2.45) is 0 Å². The third kappa shape index (κ3) is 3.76. The normalized spacial score (nSPS) is 12.1. The van der Waals surface area contributed by atoms with Crippen molar-refractivity contribution in [3.63, 3.8) is 0 Å². The molecule has 122 valence electrons. The van der Waals surface area contributed by atoms with Gasteiger partial charge in [0, 0.05) is 0 Å². The van der Waals surface area contributed by atoms with Gasteiger partial charge in [-0.15, -0.1) is 0 Å². The Morgan fingerprint density at radius 3 is 2.54 bits per heavy atom. The van der Waals surface area contributed by atoms with E-state index in [9.17, 15) is 4.79 Å². The smallest absolute Gasteiger partial charge is 0.338 e. The second-order valence-electron chi connectivity index (χ2n) is 4.98.